The van der Waals surface area contributed by atoms with Gasteiger partial charge in [0.2, 0.25) is 5.95 Å². The first-order valence-corrected chi connectivity index (χ1v) is 8.24. The van der Waals surface area contributed by atoms with E-state index in [1.807, 2.05) is 13.2 Å². The largest absolute Gasteiger partial charge is 0.395 e. The highest BCUT2D eigenvalue weighted by Gasteiger charge is 2.21. The Labute approximate surface area is 136 Å². The van der Waals surface area contributed by atoms with E-state index < -0.39 is 0 Å². The summed E-state index contributed by atoms with van der Waals surface area (Å²) in [6.45, 7) is 7.55. The Morgan fingerprint density at radius 2 is 2.00 bits per heavy atom. The molecule has 3 heterocycles. The fraction of sp³-hybridized carbons (Fsp3) is 0.667. The number of aliphatic hydroxyl groups excluding tert-OH is 1. The summed E-state index contributed by atoms with van der Waals surface area (Å²) in [5.74, 6) is 1.61. The fourth-order valence-electron chi connectivity index (χ4n) is 2.84. The van der Waals surface area contributed by atoms with Crippen molar-refractivity contribution >= 4 is 22.8 Å². The fourth-order valence-corrected chi connectivity index (χ4v) is 2.84. The van der Waals surface area contributed by atoms with Crippen molar-refractivity contribution in [2.24, 2.45) is 7.05 Å². The topological polar surface area (TPSA) is 82.3 Å². The van der Waals surface area contributed by atoms with Crippen molar-refractivity contribution < 1.29 is 5.11 Å². The normalized spacial score (nSPS) is 16.2. The van der Waals surface area contributed by atoms with Gasteiger partial charge in [0.15, 0.2) is 5.65 Å². The summed E-state index contributed by atoms with van der Waals surface area (Å²) in [5.41, 5.74) is 0.853. The summed E-state index contributed by atoms with van der Waals surface area (Å²) in [4.78, 5) is 13.9. The van der Waals surface area contributed by atoms with E-state index in [4.69, 9.17) is 15.1 Å². The Kier molecular flexibility index (Phi) is 4.92. The molecule has 3 rings (SSSR count). The van der Waals surface area contributed by atoms with Gasteiger partial charge in [-0.05, 0) is 6.42 Å². The predicted molar refractivity (Wildman–Crippen MR) is 90.8 cm³/mol. The molecular weight excluding hydrogens is 294 g/mol. The summed E-state index contributed by atoms with van der Waals surface area (Å²) < 4.78 is 1.79. The zero-order valence-corrected chi connectivity index (χ0v) is 13.9. The second-order valence-corrected chi connectivity index (χ2v) is 5.86. The first kappa shape index (κ1) is 15.9. The third-order valence-electron chi connectivity index (χ3n) is 4.19. The third-order valence-corrected chi connectivity index (χ3v) is 4.19. The molecule has 0 unspecified atom stereocenters. The van der Waals surface area contributed by atoms with E-state index in [2.05, 4.69) is 27.1 Å². The number of piperazine rings is 1. The lowest BCUT2D eigenvalue weighted by molar-refractivity contribution is 0.188. The maximum atomic E-state index is 9.05. The smallest absolute Gasteiger partial charge is 0.229 e. The molecule has 0 bridgehead atoms. The molecule has 23 heavy (non-hydrogen) atoms. The first-order valence-electron chi connectivity index (χ1n) is 8.24. The lowest BCUT2D eigenvalue weighted by Crippen LogP contribution is -2.47. The second-order valence-electron chi connectivity index (χ2n) is 5.86. The summed E-state index contributed by atoms with van der Waals surface area (Å²) >= 11 is 0. The maximum absolute atomic E-state index is 9.05. The lowest BCUT2D eigenvalue weighted by Gasteiger charge is -2.34. The molecule has 0 aromatic carbocycles. The Morgan fingerprint density at radius 3 is 2.70 bits per heavy atom. The average Bonchev–Trinajstić information content (AvgIpc) is 2.95. The Hall–Kier alpha value is -1.93. The molecule has 0 amide bonds. The van der Waals surface area contributed by atoms with Crippen LogP contribution in [0.2, 0.25) is 0 Å². The number of hydrogen-bond donors (Lipinski definition) is 2. The van der Waals surface area contributed by atoms with Gasteiger partial charge in [-0.25, -0.2) is 0 Å². The summed E-state index contributed by atoms with van der Waals surface area (Å²) in [7, 11) is 1.90. The molecule has 8 nitrogen and oxygen atoms in total. The van der Waals surface area contributed by atoms with E-state index in [-0.39, 0.29) is 6.61 Å². The molecular formula is C15H25N7O. The highest BCUT2D eigenvalue weighted by molar-refractivity contribution is 5.87. The molecule has 2 aromatic heterocycles. The van der Waals surface area contributed by atoms with Crippen LogP contribution in [0, 0.1) is 0 Å². The first-order chi connectivity index (χ1) is 11.2. The number of anilines is 2. The number of β-amino-alcohol motifs (C(OH)–C–C–N with tert-alkyl or cyclic N) is 1. The molecule has 126 valence electrons. The minimum atomic E-state index is 0.211. The molecule has 0 aliphatic carbocycles. The van der Waals surface area contributed by atoms with Crippen LogP contribution in [0.3, 0.4) is 0 Å². The number of aliphatic hydroxyl groups is 1. The monoisotopic (exact) mass is 319 g/mol. The van der Waals surface area contributed by atoms with E-state index in [1.54, 1.807) is 4.68 Å². The van der Waals surface area contributed by atoms with Gasteiger partial charge in [0.1, 0.15) is 5.82 Å². The lowest BCUT2D eigenvalue weighted by atomic mass is 10.3. The zero-order valence-electron chi connectivity index (χ0n) is 13.9. The van der Waals surface area contributed by atoms with Crippen LogP contribution in [0.1, 0.15) is 13.3 Å². The quantitative estimate of drug-likeness (QED) is 0.792. The number of nitrogens with one attached hydrogen (secondary N) is 1. The molecule has 0 saturated carbocycles. The van der Waals surface area contributed by atoms with Crippen LogP contribution < -0.4 is 10.2 Å². The molecule has 1 saturated heterocycles. The van der Waals surface area contributed by atoms with Crippen LogP contribution >= 0.6 is 0 Å². The molecule has 0 spiro atoms. The van der Waals surface area contributed by atoms with Gasteiger partial charge >= 0.3 is 0 Å². The molecule has 1 fully saturated rings. The Morgan fingerprint density at radius 1 is 1.22 bits per heavy atom. The van der Waals surface area contributed by atoms with Crippen LogP contribution in [-0.4, -0.2) is 75.6 Å². The number of aromatic nitrogens is 4. The van der Waals surface area contributed by atoms with Gasteiger partial charge < -0.3 is 15.3 Å². The zero-order chi connectivity index (χ0) is 16.2. The van der Waals surface area contributed by atoms with Gasteiger partial charge in [-0.3, -0.25) is 9.58 Å². The number of rotatable bonds is 6. The molecule has 2 N–H and O–H groups in total. The number of aryl methyl sites for hydroxylation is 1. The van der Waals surface area contributed by atoms with Gasteiger partial charge in [0, 0.05) is 46.3 Å². The Balaban J connectivity index is 1.84. The minimum absolute atomic E-state index is 0.211. The van der Waals surface area contributed by atoms with Crippen molar-refractivity contribution in [3.63, 3.8) is 0 Å². The van der Waals surface area contributed by atoms with E-state index >= 15 is 0 Å². The molecule has 0 radical (unpaired) electrons. The van der Waals surface area contributed by atoms with Crippen LogP contribution in [0.25, 0.3) is 11.0 Å². The SMILES string of the molecule is CCCNc1nc(N2CCN(CCO)CC2)nc2c1cnn2C. The van der Waals surface area contributed by atoms with Gasteiger partial charge in [-0.1, -0.05) is 6.92 Å². The van der Waals surface area contributed by atoms with E-state index in [0.717, 1.165) is 68.5 Å². The highest BCUT2D eigenvalue weighted by atomic mass is 16.3. The van der Waals surface area contributed by atoms with E-state index in [9.17, 15) is 0 Å². The minimum Gasteiger partial charge on any atom is -0.395 e. The van der Waals surface area contributed by atoms with Crippen molar-refractivity contribution in [1.82, 2.24) is 24.6 Å². The summed E-state index contributed by atoms with van der Waals surface area (Å²) in [6.07, 6.45) is 2.86. The van der Waals surface area contributed by atoms with Crippen LogP contribution in [-0.2, 0) is 7.05 Å². The maximum Gasteiger partial charge on any atom is 0.229 e. The van der Waals surface area contributed by atoms with Gasteiger partial charge in [0.25, 0.3) is 0 Å². The van der Waals surface area contributed by atoms with Crippen LogP contribution in [0.15, 0.2) is 6.20 Å². The molecule has 8 heteroatoms. The Bertz CT molecular complexity index is 649. The van der Waals surface area contributed by atoms with Crippen molar-refractivity contribution in [1.29, 1.82) is 0 Å². The average molecular weight is 319 g/mol. The third kappa shape index (κ3) is 3.37. The summed E-state index contributed by atoms with van der Waals surface area (Å²) in [6, 6.07) is 0. The molecule has 0 atom stereocenters. The van der Waals surface area contributed by atoms with E-state index in [1.165, 1.54) is 0 Å². The van der Waals surface area contributed by atoms with Gasteiger partial charge in [0.05, 0.1) is 18.2 Å². The predicted octanol–water partition coefficient (Wildman–Crippen LogP) is 0.300. The number of fused-ring (bicyclic) bond motifs is 1. The van der Waals surface area contributed by atoms with E-state index in [0.29, 0.717) is 0 Å². The molecule has 2 aromatic rings. The second kappa shape index (κ2) is 7.10. The van der Waals surface area contributed by atoms with Crippen LogP contribution in [0.5, 0.6) is 0 Å². The van der Waals surface area contributed by atoms with Crippen molar-refractivity contribution in [3.8, 4) is 0 Å². The van der Waals surface area contributed by atoms with Crippen LogP contribution in [0.4, 0.5) is 11.8 Å². The summed E-state index contributed by atoms with van der Waals surface area (Å²) in [5, 5.41) is 17.7. The van der Waals surface area contributed by atoms with Crippen molar-refractivity contribution in [2.75, 3.05) is 56.1 Å². The number of nitrogens with zero attached hydrogens (tertiary/aromatic N) is 6. The van der Waals surface area contributed by atoms with Gasteiger partial charge in [-0.15, -0.1) is 0 Å². The highest BCUT2D eigenvalue weighted by Crippen LogP contribution is 2.23. The number of hydrogen-bond acceptors (Lipinski definition) is 7. The van der Waals surface area contributed by atoms with Gasteiger partial charge in [-0.2, -0.15) is 15.1 Å². The molecule has 1 aliphatic rings. The van der Waals surface area contributed by atoms with Crippen molar-refractivity contribution in [3.05, 3.63) is 6.20 Å². The van der Waals surface area contributed by atoms with Crippen molar-refractivity contribution in [2.45, 2.75) is 13.3 Å². The standard InChI is InChI=1S/C15H25N7O/c1-3-4-16-13-12-11-17-20(2)14(12)19-15(18-13)22-7-5-21(6-8-22)9-10-23/h11,23H,3-10H2,1-2H3,(H,16,18,19). The molecule has 1 aliphatic heterocycles.